The van der Waals surface area contributed by atoms with E-state index in [1.807, 2.05) is 24.3 Å². The van der Waals surface area contributed by atoms with Crippen LogP contribution in [-0.2, 0) is 0 Å². The van der Waals surface area contributed by atoms with E-state index in [1.54, 1.807) is 0 Å². The van der Waals surface area contributed by atoms with Gasteiger partial charge in [0.25, 0.3) is 0 Å². The second kappa shape index (κ2) is 6.57. The average molecular weight is 303 g/mol. The summed E-state index contributed by atoms with van der Waals surface area (Å²) in [7, 11) is 2.07. The molecule has 0 aliphatic carbocycles. The molecule has 0 unspecified atom stereocenters. The minimum atomic E-state index is 0.843. The summed E-state index contributed by atoms with van der Waals surface area (Å²) in [6.45, 7) is 4.18. The summed E-state index contributed by atoms with van der Waals surface area (Å²) in [4.78, 5) is 2.17. The molecule has 2 nitrogen and oxygen atoms in total. The molecule has 116 valence electrons. The van der Waals surface area contributed by atoms with Crippen molar-refractivity contribution in [2.24, 2.45) is 0 Å². The van der Waals surface area contributed by atoms with Gasteiger partial charge in [-0.1, -0.05) is 29.8 Å². The van der Waals surface area contributed by atoms with E-state index in [0.717, 1.165) is 17.2 Å². The van der Waals surface area contributed by atoms with Crippen molar-refractivity contribution in [1.29, 1.82) is 0 Å². The van der Waals surface area contributed by atoms with Crippen molar-refractivity contribution < 1.29 is 4.74 Å². The molecule has 3 aromatic rings. The molecule has 0 aliphatic heterocycles. The van der Waals surface area contributed by atoms with Crippen LogP contribution in [0.2, 0.25) is 0 Å². The number of aryl methyl sites for hydroxylation is 2. The standard InChI is InChI=1S/C21H21NO/c1-16-7-11-20(12-8-16)23-21-13-9-18(10-14-21)22(3)19-6-4-5-17(2)15-19/h4-15H,1-3H3. The van der Waals surface area contributed by atoms with E-state index in [9.17, 15) is 0 Å². The van der Waals surface area contributed by atoms with Crippen molar-refractivity contribution in [1.82, 2.24) is 0 Å². The zero-order valence-corrected chi connectivity index (χ0v) is 13.8. The number of nitrogens with zero attached hydrogens (tertiary/aromatic N) is 1. The predicted octanol–water partition coefficient (Wildman–Crippen LogP) is 5.86. The smallest absolute Gasteiger partial charge is 0.127 e. The number of benzene rings is 3. The second-order valence-electron chi connectivity index (χ2n) is 5.81. The van der Waals surface area contributed by atoms with E-state index in [2.05, 4.69) is 74.3 Å². The van der Waals surface area contributed by atoms with Crippen molar-refractivity contribution >= 4 is 11.4 Å². The SMILES string of the molecule is Cc1ccc(Oc2ccc(N(C)c3cccc(C)c3)cc2)cc1. The summed E-state index contributed by atoms with van der Waals surface area (Å²) in [5, 5.41) is 0. The van der Waals surface area contributed by atoms with Crippen LogP contribution in [0.3, 0.4) is 0 Å². The molecule has 0 fully saturated rings. The highest BCUT2D eigenvalue weighted by Crippen LogP contribution is 2.28. The molecule has 0 radical (unpaired) electrons. The summed E-state index contributed by atoms with van der Waals surface area (Å²) in [5.74, 6) is 1.70. The van der Waals surface area contributed by atoms with Gasteiger partial charge in [0.05, 0.1) is 0 Å². The summed E-state index contributed by atoms with van der Waals surface area (Å²) < 4.78 is 5.87. The van der Waals surface area contributed by atoms with Gasteiger partial charge >= 0.3 is 0 Å². The van der Waals surface area contributed by atoms with Gasteiger partial charge < -0.3 is 9.64 Å². The molecule has 0 bridgehead atoms. The van der Waals surface area contributed by atoms with Crippen LogP contribution in [-0.4, -0.2) is 7.05 Å². The molecule has 0 saturated heterocycles. The number of hydrogen-bond donors (Lipinski definition) is 0. The van der Waals surface area contributed by atoms with Crippen LogP contribution in [0.15, 0.2) is 72.8 Å². The van der Waals surface area contributed by atoms with Gasteiger partial charge in [0.15, 0.2) is 0 Å². The Morgan fingerprint density at radius 3 is 1.87 bits per heavy atom. The zero-order valence-electron chi connectivity index (χ0n) is 13.8. The molecule has 0 heterocycles. The molecule has 0 N–H and O–H groups in total. The van der Waals surface area contributed by atoms with E-state index in [0.29, 0.717) is 0 Å². The highest BCUT2D eigenvalue weighted by atomic mass is 16.5. The summed E-state index contributed by atoms with van der Waals surface area (Å²) >= 11 is 0. The number of rotatable bonds is 4. The molecule has 0 saturated carbocycles. The Labute approximate surface area is 138 Å². The van der Waals surface area contributed by atoms with Gasteiger partial charge in [-0.15, -0.1) is 0 Å². The Bertz CT molecular complexity index is 776. The minimum absolute atomic E-state index is 0.843. The quantitative estimate of drug-likeness (QED) is 0.598. The molecule has 2 heteroatoms. The number of anilines is 2. The van der Waals surface area contributed by atoms with Crippen LogP contribution in [0.4, 0.5) is 11.4 Å². The van der Waals surface area contributed by atoms with E-state index >= 15 is 0 Å². The molecule has 0 aliphatic rings. The third-order valence-electron chi connectivity index (χ3n) is 3.87. The lowest BCUT2D eigenvalue weighted by molar-refractivity contribution is 0.482. The average Bonchev–Trinajstić information content (AvgIpc) is 2.57. The molecule has 3 rings (SSSR count). The predicted molar refractivity (Wildman–Crippen MR) is 96.9 cm³/mol. The fraction of sp³-hybridized carbons (Fsp3) is 0.143. The van der Waals surface area contributed by atoms with Gasteiger partial charge in [-0.3, -0.25) is 0 Å². The van der Waals surface area contributed by atoms with Crippen molar-refractivity contribution in [3.63, 3.8) is 0 Å². The van der Waals surface area contributed by atoms with Crippen LogP contribution in [0.5, 0.6) is 11.5 Å². The lowest BCUT2D eigenvalue weighted by Gasteiger charge is -2.20. The first-order valence-electron chi connectivity index (χ1n) is 7.77. The lowest BCUT2D eigenvalue weighted by Crippen LogP contribution is -2.09. The summed E-state index contributed by atoms with van der Waals surface area (Å²) in [5.41, 5.74) is 4.80. The van der Waals surface area contributed by atoms with Crippen LogP contribution < -0.4 is 9.64 Å². The van der Waals surface area contributed by atoms with Gasteiger partial charge in [-0.2, -0.15) is 0 Å². The lowest BCUT2D eigenvalue weighted by atomic mass is 10.2. The van der Waals surface area contributed by atoms with Crippen molar-refractivity contribution in [3.8, 4) is 11.5 Å². The van der Waals surface area contributed by atoms with Crippen LogP contribution in [0.1, 0.15) is 11.1 Å². The van der Waals surface area contributed by atoms with Gasteiger partial charge in [0, 0.05) is 18.4 Å². The summed E-state index contributed by atoms with van der Waals surface area (Å²) in [6, 6.07) is 24.7. The first kappa shape index (κ1) is 15.2. The van der Waals surface area contributed by atoms with Gasteiger partial charge in [0.1, 0.15) is 11.5 Å². The molecule has 0 spiro atoms. The van der Waals surface area contributed by atoms with E-state index in [1.165, 1.54) is 16.8 Å². The number of ether oxygens (including phenoxy) is 1. The van der Waals surface area contributed by atoms with E-state index < -0.39 is 0 Å². The highest BCUT2D eigenvalue weighted by molar-refractivity contribution is 5.63. The van der Waals surface area contributed by atoms with Crippen LogP contribution in [0.25, 0.3) is 0 Å². The Morgan fingerprint density at radius 1 is 0.652 bits per heavy atom. The fourth-order valence-corrected chi connectivity index (χ4v) is 2.47. The van der Waals surface area contributed by atoms with Crippen LogP contribution in [0, 0.1) is 13.8 Å². The zero-order chi connectivity index (χ0) is 16.2. The third-order valence-corrected chi connectivity index (χ3v) is 3.87. The first-order valence-corrected chi connectivity index (χ1v) is 7.77. The number of hydrogen-bond acceptors (Lipinski definition) is 2. The molecule has 0 aromatic heterocycles. The largest absolute Gasteiger partial charge is 0.457 e. The van der Waals surface area contributed by atoms with E-state index in [4.69, 9.17) is 4.74 Å². The third kappa shape index (κ3) is 3.72. The molecule has 0 atom stereocenters. The van der Waals surface area contributed by atoms with Gasteiger partial charge in [-0.25, -0.2) is 0 Å². The maximum Gasteiger partial charge on any atom is 0.127 e. The second-order valence-corrected chi connectivity index (χ2v) is 5.81. The monoisotopic (exact) mass is 303 g/mol. The Morgan fingerprint density at radius 2 is 1.26 bits per heavy atom. The summed E-state index contributed by atoms with van der Waals surface area (Å²) in [6.07, 6.45) is 0. The van der Waals surface area contributed by atoms with Crippen LogP contribution >= 0.6 is 0 Å². The van der Waals surface area contributed by atoms with Crippen molar-refractivity contribution in [3.05, 3.63) is 83.9 Å². The van der Waals surface area contributed by atoms with Gasteiger partial charge in [-0.05, 0) is 67.9 Å². The van der Waals surface area contributed by atoms with Gasteiger partial charge in [0.2, 0.25) is 0 Å². The molecular weight excluding hydrogens is 282 g/mol. The topological polar surface area (TPSA) is 12.5 Å². The molecule has 3 aromatic carbocycles. The normalized spacial score (nSPS) is 10.4. The molecular formula is C21H21NO. The Hall–Kier alpha value is -2.74. The molecule has 0 amide bonds. The Balaban J connectivity index is 1.75. The molecule has 23 heavy (non-hydrogen) atoms. The van der Waals surface area contributed by atoms with Crippen molar-refractivity contribution in [2.45, 2.75) is 13.8 Å². The maximum atomic E-state index is 5.87. The highest BCUT2D eigenvalue weighted by Gasteiger charge is 2.05. The minimum Gasteiger partial charge on any atom is -0.457 e. The van der Waals surface area contributed by atoms with Crippen molar-refractivity contribution in [2.75, 3.05) is 11.9 Å². The fourth-order valence-electron chi connectivity index (χ4n) is 2.47. The first-order chi connectivity index (χ1) is 11.1. The maximum absolute atomic E-state index is 5.87. The van der Waals surface area contributed by atoms with E-state index in [-0.39, 0.29) is 0 Å². The Kier molecular flexibility index (Phi) is 4.33.